The van der Waals surface area contributed by atoms with Crippen molar-refractivity contribution in [1.82, 2.24) is 14.6 Å². The zero-order valence-corrected chi connectivity index (χ0v) is 19.6. The van der Waals surface area contributed by atoms with Crippen molar-refractivity contribution in [1.29, 1.82) is 0 Å². The standard InChI is InChI=1S/C22H28ClN5O2S/c1-15-7-8-16(13-18(15)23)24-20(29)14-31-21-17-5-3-4-6-19(17)28(22(30)25-21)27-11-9-26(2)10-12-27/h7-8,13H,3-6,9-12,14H2,1-2H3,(H,24,29). The van der Waals surface area contributed by atoms with E-state index in [0.717, 1.165) is 68.7 Å². The van der Waals surface area contributed by atoms with E-state index in [1.165, 1.54) is 11.8 Å². The highest BCUT2D eigenvalue weighted by Gasteiger charge is 2.25. The number of aromatic nitrogens is 2. The summed E-state index contributed by atoms with van der Waals surface area (Å²) < 4.78 is 1.81. The van der Waals surface area contributed by atoms with Gasteiger partial charge in [-0.2, -0.15) is 4.98 Å². The number of hydrogen-bond acceptors (Lipinski definition) is 6. The smallest absolute Gasteiger partial charge is 0.325 e. The van der Waals surface area contributed by atoms with Gasteiger partial charge >= 0.3 is 5.69 Å². The molecule has 0 saturated carbocycles. The lowest BCUT2D eigenvalue weighted by molar-refractivity contribution is -0.113. The largest absolute Gasteiger partial charge is 0.367 e. The Labute approximate surface area is 191 Å². The van der Waals surface area contributed by atoms with E-state index < -0.39 is 0 Å². The highest BCUT2D eigenvalue weighted by atomic mass is 35.5. The summed E-state index contributed by atoms with van der Waals surface area (Å²) in [5.74, 6) is 0.0580. The Morgan fingerprint density at radius 2 is 1.94 bits per heavy atom. The Morgan fingerprint density at radius 1 is 1.19 bits per heavy atom. The molecule has 2 heterocycles. The fourth-order valence-electron chi connectivity index (χ4n) is 4.08. The number of aryl methyl sites for hydroxylation is 1. The quantitative estimate of drug-likeness (QED) is 0.545. The fraction of sp³-hybridized carbons (Fsp3) is 0.500. The van der Waals surface area contributed by atoms with Crippen LogP contribution in [0.4, 0.5) is 5.69 Å². The van der Waals surface area contributed by atoms with Gasteiger partial charge in [-0.05, 0) is 57.4 Å². The number of nitrogens with zero attached hydrogens (tertiary/aromatic N) is 4. The molecular formula is C22H28ClN5O2S. The summed E-state index contributed by atoms with van der Waals surface area (Å²) in [6.07, 6.45) is 3.93. The van der Waals surface area contributed by atoms with Gasteiger partial charge in [-0.1, -0.05) is 29.4 Å². The first kappa shape index (κ1) is 22.2. The maximum atomic E-state index is 13.0. The Kier molecular flexibility index (Phi) is 6.89. The minimum Gasteiger partial charge on any atom is -0.325 e. The molecule has 7 nitrogen and oxygen atoms in total. The van der Waals surface area contributed by atoms with E-state index in [9.17, 15) is 9.59 Å². The SMILES string of the molecule is Cc1ccc(NC(=O)CSc2nc(=O)n(N3CCN(C)CC3)c3c2CCCC3)cc1Cl. The maximum Gasteiger partial charge on any atom is 0.367 e. The number of piperazine rings is 1. The molecule has 1 aliphatic heterocycles. The van der Waals surface area contributed by atoms with E-state index in [1.54, 1.807) is 10.7 Å². The molecule has 1 aromatic heterocycles. The summed E-state index contributed by atoms with van der Waals surface area (Å²) in [4.78, 5) is 32.1. The molecule has 0 atom stereocenters. The Hall–Kier alpha value is -2.03. The third kappa shape index (κ3) is 5.07. The van der Waals surface area contributed by atoms with Gasteiger partial charge < -0.3 is 15.2 Å². The molecule has 1 amide bonds. The second-order valence-electron chi connectivity index (χ2n) is 8.20. The molecule has 2 aliphatic rings. The van der Waals surface area contributed by atoms with Crippen molar-refractivity contribution in [3.05, 3.63) is 50.5 Å². The van der Waals surface area contributed by atoms with Crippen molar-refractivity contribution in [2.75, 3.05) is 49.3 Å². The van der Waals surface area contributed by atoms with Gasteiger partial charge in [-0.15, -0.1) is 0 Å². The first-order chi connectivity index (χ1) is 14.9. The number of benzene rings is 1. The lowest BCUT2D eigenvalue weighted by atomic mass is 9.97. The molecule has 4 rings (SSSR count). The molecule has 1 aromatic carbocycles. The number of anilines is 1. The zero-order chi connectivity index (χ0) is 22.0. The van der Waals surface area contributed by atoms with Crippen LogP contribution >= 0.6 is 23.4 Å². The van der Waals surface area contributed by atoms with Gasteiger partial charge in [0.1, 0.15) is 5.03 Å². The third-order valence-corrected chi connectivity index (χ3v) is 7.31. The van der Waals surface area contributed by atoms with Crippen LogP contribution in [0.1, 0.15) is 29.7 Å². The minimum absolute atomic E-state index is 0.139. The summed E-state index contributed by atoms with van der Waals surface area (Å²) >= 11 is 7.49. The van der Waals surface area contributed by atoms with Crippen molar-refractivity contribution in [3.63, 3.8) is 0 Å². The van der Waals surface area contributed by atoms with E-state index in [4.69, 9.17) is 11.6 Å². The molecule has 31 heavy (non-hydrogen) atoms. The summed E-state index contributed by atoms with van der Waals surface area (Å²) in [7, 11) is 2.10. The Balaban J connectivity index is 1.51. The third-order valence-electron chi connectivity index (χ3n) is 5.89. The number of nitrogens with one attached hydrogen (secondary N) is 1. The summed E-state index contributed by atoms with van der Waals surface area (Å²) in [5.41, 5.74) is 3.59. The van der Waals surface area contributed by atoms with E-state index >= 15 is 0 Å². The number of carbonyl (C=O) groups excluding carboxylic acids is 1. The molecule has 1 fully saturated rings. The van der Waals surface area contributed by atoms with Crippen molar-refractivity contribution in [2.24, 2.45) is 0 Å². The molecule has 1 saturated heterocycles. The van der Waals surface area contributed by atoms with Crippen LogP contribution in [0.2, 0.25) is 5.02 Å². The molecule has 2 aromatic rings. The van der Waals surface area contributed by atoms with E-state index in [0.29, 0.717) is 15.7 Å². The second kappa shape index (κ2) is 9.63. The second-order valence-corrected chi connectivity index (χ2v) is 9.57. The van der Waals surface area contributed by atoms with Gasteiger partial charge in [0.25, 0.3) is 0 Å². The lowest BCUT2D eigenvalue weighted by Gasteiger charge is -2.37. The first-order valence-electron chi connectivity index (χ1n) is 10.7. The molecular weight excluding hydrogens is 434 g/mol. The van der Waals surface area contributed by atoms with Crippen LogP contribution < -0.4 is 16.0 Å². The molecule has 1 aliphatic carbocycles. The minimum atomic E-state index is -0.238. The van der Waals surface area contributed by atoms with Gasteiger partial charge in [0.05, 0.1) is 11.4 Å². The van der Waals surface area contributed by atoms with Gasteiger partial charge in [-0.25, -0.2) is 9.47 Å². The molecule has 0 spiro atoms. The number of halogens is 1. The van der Waals surface area contributed by atoms with E-state index in [2.05, 4.69) is 27.3 Å². The molecule has 166 valence electrons. The lowest BCUT2D eigenvalue weighted by Crippen LogP contribution is -2.54. The van der Waals surface area contributed by atoms with Crippen molar-refractivity contribution in [2.45, 2.75) is 37.6 Å². The number of fused-ring (bicyclic) bond motifs is 1. The zero-order valence-electron chi connectivity index (χ0n) is 18.0. The number of carbonyl (C=O) groups is 1. The van der Waals surface area contributed by atoms with E-state index in [-0.39, 0.29) is 17.3 Å². The Bertz CT molecular complexity index is 1030. The number of amides is 1. The molecule has 0 radical (unpaired) electrons. The van der Waals surface area contributed by atoms with Gasteiger partial charge in [0, 0.05) is 42.5 Å². The average Bonchev–Trinajstić information content (AvgIpc) is 2.76. The molecule has 0 bridgehead atoms. The summed E-state index contributed by atoms with van der Waals surface area (Å²) in [6.45, 7) is 5.42. The highest BCUT2D eigenvalue weighted by Crippen LogP contribution is 2.29. The highest BCUT2D eigenvalue weighted by molar-refractivity contribution is 8.00. The topological polar surface area (TPSA) is 70.5 Å². The number of rotatable bonds is 5. The average molecular weight is 462 g/mol. The molecule has 9 heteroatoms. The first-order valence-corrected chi connectivity index (χ1v) is 12.1. The molecule has 1 N–H and O–H groups in total. The van der Waals surface area contributed by atoms with Crippen LogP contribution in [-0.2, 0) is 17.6 Å². The van der Waals surface area contributed by atoms with Gasteiger partial charge in [0.2, 0.25) is 5.91 Å². The maximum absolute atomic E-state index is 13.0. The summed E-state index contributed by atoms with van der Waals surface area (Å²) in [6, 6.07) is 5.46. The number of thioether (sulfide) groups is 1. The van der Waals surface area contributed by atoms with Crippen molar-refractivity contribution < 1.29 is 4.79 Å². The van der Waals surface area contributed by atoms with Crippen LogP contribution in [0.25, 0.3) is 0 Å². The molecule has 0 unspecified atom stereocenters. The monoisotopic (exact) mass is 461 g/mol. The summed E-state index contributed by atoms with van der Waals surface area (Å²) in [5, 5.41) is 6.32. The van der Waals surface area contributed by atoms with Crippen LogP contribution in [0.3, 0.4) is 0 Å². The Morgan fingerprint density at radius 3 is 2.68 bits per heavy atom. The van der Waals surface area contributed by atoms with E-state index in [1.807, 2.05) is 19.1 Å². The van der Waals surface area contributed by atoms with Gasteiger partial charge in [0.15, 0.2) is 0 Å². The predicted molar refractivity (Wildman–Crippen MR) is 126 cm³/mol. The van der Waals surface area contributed by atoms with Crippen molar-refractivity contribution >= 4 is 35.0 Å². The van der Waals surface area contributed by atoms with Crippen molar-refractivity contribution in [3.8, 4) is 0 Å². The fourth-order valence-corrected chi connectivity index (χ4v) is 5.14. The van der Waals surface area contributed by atoms with Gasteiger partial charge in [-0.3, -0.25) is 4.79 Å². The predicted octanol–water partition coefficient (Wildman–Crippen LogP) is 2.70. The van der Waals surface area contributed by atoms with Crippen LogP contribution in [0.5, 0.6) is 0 Å². The van der Waals surface area contributed by atoms with Crippen LogP contribution in [0.15, 0.2) is 28.0 Å². The number of hydrogen-bond donors (Lipinski definition) is 1. The van der Waals surface area contributed by atoms with Crippen LogP contribution in [0, 0.1) is 6.92 Å². The normalized spacial score (nSPS) is 16.8. The number of likely N-dealkylation sites (N-methyl/N-ethyl adjacent to an activating group) is 1. The van der Waals surface area contributed by atoms with Crippen LogP contribution in [-0.4, -0.2) is 59.4 Å².